The van der Waals surface area contributed by atoms with E-state index in [1.165, 1.54) is 6.26 Å². The molecule has 0 saturated carbocycles. The van der Waals surface area contributed by atoms with Crippen LogP contribution in [0.1, 0.15) is 27.6 Å². The van der Waals surface area contributed by atoms with Crippen LogP contribution in [0.4, 0.5) is 0 Å². The van der Waals surface area contributed by atoms with Gasteiger partial charge in [0.05, 0.1) is 5.25 Å². The Labute approximate surface area is 119 Å². The van der Waals surface area contributed by atoms with Crippen LogP contribution in [0, 0.1) is 0 Å². The average molecular weight is 288 g/mol. The Kier molecular flexibility index (Phi) is 4.35. The summed E-state index contributed by atoms with van der Waals surface area (Å²) in [6.07, 6.45) is 1.13. The number of Topliss-reactive ketones (excluding diaryl/α,β-unsaturated/α-hetero) is 1. The van der Waals surface area contributed by atoms with Crippen LogP contribution in [0.15, 0.2) is 60.7 Å². The molecule has 2 aromatic carbocycles. The second-order valence-electron chi connectivity index (χ2n) is 4.72. The highest BCUT2D eigenvalue weighted by Gasteiger charge is 2.26. The molecule has 0 aliphatic heterocycles. The van der Waals surface area contributed by atoms with Crippen molar-refractivity contribution in [2.45, 2.75) is 11.7 Å². The molecule has 0 heterocycles. The first-order chi connectivity index (χ1) is 9.48. The Bertz CT molecular complexity index is 676. The van der Waals surface area contributed by atoms with Crippen LogP contribution in [-0.4, -0.2) is 20.5 Å². The molecule has 0 saturated heterocycles. The lowest BCUT2D eigenvalue weighted by Crippen LogP contribution is -2.16. The fourth-order valence-electron chi connectivity index (χ4n) is 2.09. The molecule has 0 spiro atoms. The molecule has 0 N–H and O–H groups in total. The molecular formula is C16H16O3S. The van der Waals surface area contributed by atoms with Gasteiger partial charge in [0.15, 0.2) is 15.6 Å². The smallest absolute Gasteiger partial charge is 0.164 e. The number of ketones is 1. The number of benzene rings is 2. The molecule has 0 amide bonds. The van der Waals surface area contributed by atoms with Gasteiger partial charge in [0.25, 0.3) is 0 Å². The molecular weight excluding hydrogens is 272 g/mol. The third kappa shape index (κ3) is 3.54. The molecule has 0 aliphatic rings. The lowest BCUT2D eigenvalue weighted by Gasteiger charge is -2.14. The topological polar surface area (TPSA) is 51.2 Å². The van der Waals surface area contributed by atoms with E-state index in [2.05, 4.69) is 0 Å². The standard InChI is InChI=1S/C16H16O3S/c1-20(18,19)16(14-10-6-3-7-11-14)12-15(17)13-8-4-2-5-9-13/h2-11,16H,12H2,1H3/t16-/m0/s1. The summed E-state index contributed by atoms with van der Waals surface area (Å²) in [6, 6.07) is 17.6. The van der Waals surface area contributed by atoms with Gasteiger partial charge in [-0.1, -0.05) is 60.7 Å². The first-order valence-electron chi connectivity index (χ1n) is 6.30. The fraction of sp³-hybridized carbons (Fsp3) is 0.188. The summed E-state index contributed by atoms with van der Waals surface area (Å²) in [4.78, 5) is 12.2. The number of carbonyl (C=O) groups is 1. The maximum Gasteiger partial charge on any atom is 0.164 e. The Morgan fingerprint density at radius 2 is 1.45 bits per heavy atom. The van der Waals surface area contributed by atoms with E-state index in [0.717, 1.165) is 0 Å². The van der Waals surface area contributed by atoms with E-state index in [1.807, 2.05) is 12.1 Å². The van der Waals surface area contributed by atoms with Crippen molar-refractivity contribution in [1.82, 2.24) is 0 Å². The highest BCUT2D eigenvalue weighted by atomic mass is 32.2. The van der Waals surface area contributed by atoms with E-state index in [9.17, 15) is 13.2 Å². The highest BCUT2D eigenvalue weighted by Crippen LogP contribution is 2.26. The zero-order valence-electron chi connectivity index (χ0n) is 11.2. The summed E-state index contributed by atoms with van der Waals surface area (Å²) in [7, 11) is -3.34. The number of carbonyl (C=O) groups excluding carboxylic acids is 1. The van der Waals surface area contributed by atoms with Crippen LogP contribution in [-0.2, 0) is 9.84 Å². The molecule has 0 bridgehead atoms. The van der Waals surface area contributed by atoms with E-state index in [-0.39, 0.29) is 12.2 Å². The van der Waals surface area contributed by atoms with Crippen LogP contribution < -0.4 is 0 Å². The second kappa shape index (κ2) is 6.01. The predicted octanol–water partition coefficient (Wildman–Crippen LogP) is 3.05. The number of hydrogen-bond acceptors (Lipinski definition) is 3. The first kappa shape index (κ1) is 14.5. The van der Waals surface area contributed by atoms with Crippen molar-refractivity contribution in [2.75, 3.05) is 6.26 Å². The first-order valence-corrected chi connectivity index (χ1v) is 8.26. The third-order valence-corrected chi connectivity index (χ3v) is 4.63. The molecule has 0 radical (unpaired) electrons. The van der Waals surface area contributed by atoms with Gasteiger partial charge >= 0.3 is 0 Å². The normalized spacial score (nSPS) is 12.8. The van der Waals surface area contributed by atoms with E-state index in [1.54, 1.807) is 48.5 Å². The highest BCUT2D eigenvalue weighted by molar-refractivity contribution is 7.91. The van der Waals surface area contributed by atoms with Gasteiger partial charge in [0.2, 0.25) is 0 Å². The summed E-state index contributed by atoms with van der Waals surface area (Å²) in [5.41, 5.74) is 1.19. The van der Waals surface area contributed by atoms with Crippen LogP contribution in [0.25, 0.3) is 0 Å². The Morgan fingerprint density at radius 3 is 1.95 bits per heavy atom. The summed E-state index contributed by atoms with van der Waals surface area (Å²) >= 11 is 0. The molecule has 2 aromatic rings. The Hall–Kier alpha value is -1.94. The van der Waals surface area contributed by atoms with Crippen LogP contribution in [0.3, 0.4) is 0 Å². The molecule has 20 heavy (non-hydrogen) atoms. The van der Waals surface area contributed by atoms with Gasteiger partial charge in [-0.25, -0.2) is 8.42 Å². The summed E-state index contributed by atoms with van der Waals surface area (Å²) in [6.45, 7) is 0. The molecule has 0 aromatic heterocycles. The van der Waals surface area contributed by atoms with Gasteiger partial charge in [-0.2, -0.15) is 0 Å². The molecule has 0 aliphatic carbocycles. The van der Waals surface area contributed by atoms with Crippen molar-refractivity contribution in [1.29, 1.82) is 0 Å². The van der Waals surface area contributed by atoms with Gasteiger partial charge in [0.1, 0.15) is 0 Å². The van der Waals surface area contributed by atoms with Gasteiger partial charge in [-0.15, -0.1) is 0 Å². The third-order valence-electron chi connectivity index (χ3n) is 3.15. The molecule has 0 fully saturated rings. The lowest BCUT2D eigenvalue weighted by atomic mass is 10.0. The summed E-state index contributed by atoms with van der Waals surface area (Å²) in [5.74, 6) is -0.162. The van der Waals surface area contributed by atoms with Crippen LogP contribution >= 0.6 is 0 Å². The Morgan fingerprint density at radius 1 is 0.950 bits per heavy atom. The minimum Gasteiger partial charge on any atom is -0.294 e. The maximum absolute atomic E-state index is 12.2. The van der Waals surface area contributed by atoms with Crippen molar-refractivity contribution in [3.8, 4) is 0 Å². The van der Waals surface area contributed by atoms with Crippen molar-refractivity contribution in [2.24, 2.45) is 0 Å². The van der Waals surface area contributed by atoms with Gasteiger partial charge in [-0.05, 0) is 5.56 Å². The zero-order valence-corrected chi connectivity index (χ0v) is 12.0. The summed E-state index contributed by atoms with van der Waals surface area (Å²) < 4.78 is 23.9. The Balaban J connectivity index is 2.29. The monoisotopic (exact) mass is 288 g/mol. The molecule has 2 rings (SSSR count). The van der Waals surface area contributed by atoms with Gasteiger partial charge in [-0.3, -0.25) is 4.79 Å². The van der Waals surface area contributed by atoms with E-state index >= 15 is 0 Å². The quantitative estimate of drug-likeness (QED) is 0.795. The number of rotatable bonds is 5. The predicted molar refractivity (Wildman–Crippen MR) is 79.4 cm³/mol. The van der Waals surface area contributed by atoms with Crippen LogP contribution in [0.5, 0.6) is 0 Å². The van der Waals surface area contributed by atoms with Crippen molar-refractivity contribution >= 4 is 15.6 Å². The van der Waals surface area contributed by atoms with E-state index < -0.39 is 15.1 Å². The molecule has 3 nitrogen and oxygen atoms in total. The van der Waals surface area contributed by atoms with Gasteiger partial charge < -0.3 is 0 Å². The fourth-order valence-corrected chi connectivity index (χ4v) is 3.20. The average Bonchev–Trinajstić information content (AvgIpc) is 2.45. The summed E-state index contributed by atoms with van der Waals surface area (Å²) in [5, 5.41) is -0.795. The zero-order chi connectivity index (χ0) is 14.6. The SMILES string of the molecule is CS(=O)(=O)[C@@H](CC(=O)c1ccccc1)c1ccccc1. The minimum atomic E-state index is -3.34. The van der Waals surface area contributed by atoms with Crippen molar-refractivity contribution in [3.63, 3.8) is 0 Å². The molecule has 0 unspecified atom stereocenters. The lowest BCUT2D eigenvalue weighted by molar-refractivity contribution is 0.0981. The van der Waals surface area contributed by atoms with Gasteiger partial charge in [0, 0.05) is 18.2 Å². The largest absolute Gasteiger partial charge is 0.294 e. The van der Waals surface area contributed by atoms with E-state index in [4.69, 9.17) is 0 Å². The van der Waals surface area contributed by atoms with Crippen LogP contribution in [0.2, 0.25) is 0 Å². The molecule has 1 atom stereocenters. The number of sulfone groups is 1. The van der Waals surface area contributed by atoms with Crippen molar-refractivity contribution < 1.29 is 13.2 Å². The molecule has 4 heteroatoms. The minimum absolute atomic E-state index is 0.0349. The number of hydrogen-bond donors (Lipinski definition) is 0. The van der Waals surface area contributed by atoms with Crippen molar-refractivity contribution in [3.05, 3.63) is 71.8 Å². The van der Waals surface area contributed by atoms with E-state index in [0.29, 0.717) is 11.1 Å². The second-order valence-corrected chi connectivity index (χ2v) is 6.95. The maximum atomic E-state index is 12.2. The molecule has 104 valence electrons.